The fourth-order valence-electron chi connectivity index (χ4n) is 5.67. The second kappa shape index (κ2) is 19.6. The van der Waals surface area contributed by atoms with Gasteiger partial charge < -0.3 is 14.5 Å². The minimum Gasteiger partial charge on any atom is -0.756 e. The summed E-state index contributed by atoms with van der Waals surface area (Å²) in [4.78, 5) is 33.1. The van der Waals surface area contributed by atoms with E-state index in [1.54, 1.807) is 6.92 Å². The summed E-state index contributed by atoms with van der Waals surface area (Å²) in [7, 11) is -4.98. The van der Waals surface area contributed by atoms with Crippen molar-refractivity contribution in [2.24, 2.45) is 0 Å². The van der Waals surface area contributed by atoms with Crippen molar-refractivity contribution in [1.29, 1.82) is 0 Å². The number of carbonyl (C=O) groups is 1. The fraction of sp³-hybridized carbons (Fsp3) is 0.964. The smallest absolute Gasteiger partial charge is 0.302 e. The summed E-state index contributed by atoms with van der Waals surface area (Å²) < 4.78 is 23.1. The molecule has 0 amide bonds. The summed E-state index contributed by atoms with van der Waals surface area (Å²) in [5.41, 5.74) is -1.22. The van der Waals surface area contributed by atoms with Gasteiger partial charge >= 0.3 is 5.97 Å². The van der Waals surface area contributed by atoms with Gasteiger partial charge in [0.25, 0.3) is 7.82 Å². The number of nitrogens with zero attached hydrogens (tertiary/aromatic N) is 1. The van der Waals surface area contributed by atoms with Crippen LogP contribution in [0.4, 0.5) is 0 Å². The molecule has 0 aliphatic rings. The van der Waals surface area contributed by atoms with Crippen molar-refractivity contribution in [3.8, 4) is 0 Å². The molecule has 0 spiro atoms. The molecular weight excluding hydrogens is 477 g/mol. The predicted molar refractivity (Wildman–Crippen MR) is 146 cm³/mol. The number of esters is 1. The van der Waals surface area contributed by atoms with Crippen molar-refractivity contribution in [3.05, 3.63) is 0 Å². The highest BCUT2D eigenvalue weighted by molar-refractivity contribution is 7.44. The molecule has 3 unspecified atom stereocenters. The van der Waals surface area contributed by atoms with Crippen LogP contribution in [0, 0.1) is 0 Å². The van der Waals surface area contributed by atoms with Crippen LogP contribution in [0.15, 0.2) is 0 Å². The lowest BCUT2D eigenvalue weighted by molar-refractivity contribution is -0.991. The number of unbranched alkanes of at least 4 members (excludes halogenated alkanes) is 13. The Bertz CT molecular complexity index is 599. The maximum absolute atomic E-state index is 11.8. The number of hydrogen-bond donors (Lipinski definition) is 1. The van der Waals surface area contributed by atoms with Crippen LogP contribution in [0.1, 0.15) is 144 Å². The summed E-state index contributed by atoms with van der Waals surface area (Å²) in [6.07, 6.45) is 18.2. The van der Waals surface area contributed by atoms with Crippen molar-refractivity contribution in [2.45, 2.75) is 156 Å². The Morgan fingerprint density at radius 3 is 1.56 bits per heavy atom. The Morgan fingerprint density at radius 2 is 1.22 bits per heavy atom. The van der Waals surface area contributed by atoms with Crippen LogP contribution in [-0.4, -0.2) is 46.8 Å². The molecule has 0 aliphatic carbocycles. The Labute approximate surface area is 222 Å². The topological polar surface area (TPSA) is 95.9 Å². The standard InChI is InChI=1S/C28H58NO6P/c1-7-11-12-13-14-15-16-17-18-19-20-21-22-23-24-27(34-26(5)30)25-28(6,35-36(31,32)33)29(8-2,9-3)10-4/h27H,7-25H2,1-6H3,(H-,31,32,33). The van der Waals surface area contributed by atoms with Gasteiger partial charge in [-0.1, -0.05) is 90.4 Å². The van der Waals surface area contributed by atoms with Crippen LogP contribution in [0.5, 0.6) is 0 Å². The van der Waals surface area contributed by atoms with Crippen molar-refractivity contribution < 1.29 is 32.9 Å². The second-order valence-electron chi connectivity index (χ2n) is 10.6. The molecule has 0 fully saturated rings. The van der Waals surface area contributed by atoms with Gasteiger partial charge in [0.05, 0.1) is 26.1 Å². The minimum absolute atomic E-state index is 0.216. The summed E-state index contributed by atoms with van der Waals surface area (Å²) >= 11 is 0. The molecule has 0 aliphatic heterocycles. The molecule has 0 saturated carbocycles. The molecular formula is C28H58NO6P. The molecule has 0 bridgehead atoms. The van der Waals surface area contributed by atoms with E-state index in [0.29, 0.717) is 30.5 Å². The Balaban J connectivity index is 4.59. The maximum Gasteiger partial charge on any atom is 0.302 e. The highest BCUT2D eigenvalue weighted by atomic mass is 31.2. The molecule has 1 N–H and O–H groups in total. The van der Waals surface area contributed by atoms with Gasteiger partial charge in [-0.3, -0.25) is 18.4 Å². The van der Waals surface area contributed by atoms with Gasteiger partial charge in [0.1, 0.15) is 6.10 Å². The van der Waals surface area contributed by atoms with E-state index in [9.17, 15) is 19.1 Å². The van der Waals surface area contributed by atoms with Crippen molar-refractivity contribution in [1.82, 2.24) is 0 Å². The first kappa shape index (κ1) is 35.5. The summed E-state index contributed by atoms with van der Waals surface area (Å²) in [6, 6.07) is 0. The van der Waals surface area contributed by atoms with Gasteiger partial charge in [-0.25, -0.2) is 0 Å². The summed E-state index contributed by atoms with van der Waals surface area (Å²) in [6.45, 7) is 13.2. The first-order valence-corrected chi connectivity index (χ1v) is 16.3. The molecule has 0 aromatic heterocycles. The quantitative estimate of drug-likeness (QED) is 0.0460. The van der Waals surface area contributed by atoms with Crippen LogP contribution in [0.25, 0.3) is 0 Å². The van der Waals surface area contributed by atoms with Gasteiger partial charge in [0.15, 0.2) is 0 Å². The van der Waals surface area contributed by atoms with Crippen LogP contribution in [0.2, 0.25) is 0 Å². The monoisotopic (exact) mass is 535 g/mol. The van der Waals surface area contributed by atoms with E-state index in [1.165, 1.54) is 77.6 Å². The molecule has 7 nitrogen and oxygen atoms in total. The van der Waals surface area contributed by atoms with E-state index in [2.05, 4.69) is 6.92 Å². The van der Waals surface area contributed by atoms with Crippen LogP contribution in [-0.2, 0) is 18.6 Å². The number of phosphoric ester groups is 1. The molecule has 36 heavy (non-hydrogen) atoms. The summed E-state index contributed by atoms with van der Waals surface area (Å²) in [5, 5.41) is 0. The molecule has 0 radical (unpaired) electrons. The van der Waals surface area contributed by atoms with Crippen molar-refractivity contribution in [3.63, 3.8) is 0 Å². The normalized spacial score (nSPS) is 16.3. The van der Waals surface area contributed by atoms with E-state index < -0.39 is 19.7 Å². The van der Waals surface area contributed by atoms with Gasteiger partial charge in [-0.2, -0.15) is 0 Å². The van der Waals surface area contributed by atoms with Gasteiger partial charge in [0, 0.05) is 13.8 Å². The van der Waals surface area contributed by atoms with Crippen LogP contribution < -0.4 is 4.89 Å². The molecule has 0 heterocycles. The number of ether oxygens (including phenoxy) is 1. The van der Waals surface area contributed by atoms with Crippen molar-refractivity contribution in [2.75, 3.05) is 19.6 Å². The average molecular weight is 536 g/mol. The van der Waals surface area contributed by atoms with E-state index in [-0.39, 0.29) is 12.4 Å². The third-order valence-electron chi connectivity index (χ3n) is 7.95. The third-order valence-corrected chi connectivity index (χ3v) is 8.57. The van der Waals surface area contributed by atoms with E-state index in [4.69, 9.17) is 9.26 Å². The van der Waals surface area contributed by atoms with Crippen LogP contribution in [0.3, 0.4) is 0 Å². The van der Waals surface area contributed by atoms with E-state index >= 15 is 0 Å². The average Bonchev–Trinajstić information content (AvgIpc) is 2.79. The lowest BCUT2D eigenvalue weighted by Gasteiger charge is -2.51. The first-order valence-electron chi connectivity index (χ1n) is 14.8. The number of carbonyl (C=O) groups excluding carboxylic acids is 1. The second-order valence-corrected chi connectivity index (χ2v) is 11.8. The zero-order valence-electron chi connectivity index (χ0n) is 24.4. The Hall–Kier alpha value is -0.460. The lowest BCUT2D eigenvalue weighted by atomic mass is 9.97. The number of quaternary nitrogens is 1. The summed E-state index contributed by atoms with van der Waals surface area (Å²) in [5.74, 6) is -0.385. The number of rotatable bonds is 24. The molecule has 0 aromatic rings. The van der Waals surface area contributed by atoms with Gasteiger partial charge in [-0.15, -0.1) is 0 Å². The molecule has 8 heteroatoms. The maximum atomic E-state index is 11.8. The molecule has 216 valence electrons. The zero-order chi connectivity index (χ0) is 27.5. The third kappa shape index (κ3) is 15.1. The van der Waals surface area contributed by atoms with Gasteiger partial charge in [-0.05, 0) is 33.6 Å². The van der Waals surface area contributed by atoms with Gasteiger partial charge in [0.2, 0.25) is 5.72 Å². The lowest BCUT2D eigenvalue weighted by Crippen LogP contribution is -2.65. The molecule has 0 aromatic carbocycles. The zero-order valence-corrected chi connectivity index (χ0v) is 25.3. The number of phosphoric acid groups is 1. The van der Waals surface area contributed by atoms with Crippen LogP contribution >= 0.6 is 7.82 Å². The SMILES string of the molecule is CCCCCCCCCCCCCCCCC(CC(C)(OP(=O)([O-])O)[N+](CC)(CC)CC)OC(C)=O. The van der Waals surface area contributed by atoms with E-state index in [1.807, 2.05) is 20.8 Å². The minimum atomic E-state index is -4.98. The highest BCUT2D eigenvalue weighted by Crippen LogP contribution is 2.44. The first-order chi connectivity index (χ1) is 17.0. The fourth-order valence-corrected chi connectivity index (χ4v) is 6.41. The number of hydrogen-bond acceptors (Lipinski definition) is 5. The molecule has 3 atom stereocenters. The largest absolute Gasteiger partial charge is 0.756 e. The Morgan fingerprint density at radius 1 is 0.833 bits per heavy atom. The highest BCUT2D eigenvalue weighted by Gasteiger charge is 2.49. The van der Waals surface area contributed by atoms with Crippen molar-refractivity contribution >= 4 is 13.8 Å². The molecule has 0 saturated heterocycles. The Kier molecular flexibility index (Phi) is 19.3. The predicted octanol–water partition coefficient (Wildman–Crippen LogP) is 7.25. The van der Waals surface area contributed by atoms with E-state index in [0.717, 1.165) is 19.3 Å². The molecule has 0 rings (SSSR count).